The topological polar surface area (TPSA) is 48.5 Å². The second kappa shape index (κ2) is 7.02. The van der Waals surface area contributed by atoms with Gasteiger partial charge in [-0.15, -0.1) is 5.10 Å². The Kier molecular flexibility index (Phi) is 5.34. The third kappa shape index (κ3) is 3.48. The molecule has 2 rings (SSSR count). The molecule has 0 N–H and O–H groups in total. The van der Waals surface area contributed by atoms with Gasteiger partial charge >= 0.3 is 0 Å². The first-order chi connectivity index (χ1) is 9.67. The van der Waals surface area contributed by atoms with Crippen LogP contribution in [-0.4, -0.2) is 24.8 Å². The van der Waals surface area contributed by atoms with E-state index in [2.05, 4.69) is 69.1 Å². The van der Waals surface area contributed by atoms with Gasteiger partial charge in [-0.3, -0.25) is 4.68 Å². The van der Waals surface area contributed by atoms with E-state index in [1.54, 1.807) is 0 Å². The number of hydrogen-bond donors (Lipinski definition) is 0. The van der Waals surface area contributed by atoms with Crippen LogP contribution < -0.4 is 0 Å². The summed E-state index contributed by atoms with van der Waals surface area (Å²) in [5.41, 5.74) is 2.00. The van der Waals surface area contributed by atoms with E-state index in [9.17, 15) is 0 Å². The molecule has 6 heteroatoms. The summed E-state index contributed by atoms with van der Waals surface area (Å²) in [6.45, 7) is 7.18. The van der Waals surface area contributed by atoms with Crippen molar-refractivity contribution in [3.63, 3.8) is 0 Å². The van der Waals surface area contributed by atoms with Crippen molar-refractivity contribution >= 4 is 15.9 Å². The molecule has 2 aromatic heterocycles. The molecule has 0 saturated heterocycles. The van der Waals surface area contributed by atoms with Crippen LogP contribution in [0.3, 0.4) is 0 Å². The maximum Gasteiger partial charge on any atom is 0.0963 e. The van der Waals surface area contributed by atoms with Gasteiger partial charge in [0.05, 0.1) is 35.0 Å². The lowest BCUT2D eigenvalue weighted by Gasteiger charge is -2.12. The molecule has 2 aromatic rings. The van der Waals surface area contributed by atoms with Crippen LogP contribution in [0, 0.1) is 0 Å². The molecule has 0 bridgehead atoms. The van der Waals surface area contributed by atoms with Crippen molar-refractivity contribution in [2.75, 3.05) is 0 Å². The largest absolute Gasteiger partial charge is 0.269 e. The van der Waals surface area contributed by atoms with Crippen LogP contribution in [0.2, 0.25) is 0 Å². The van der Waals surface area contributed by atoms with Crippen LogP contribution in [-0.2, 0) is 6.54 Å². The van der Waals surface area contributed by atoms with E-state index in [0.29, 0.717) is 12.6 Å². The summed E-state index contributed by atoms with van der Waals surface area (Å²) in [4.78, 5) is 0.276. The second-order valence-electron chi connectivity index (χ2n) is 4.97. The molecule has 0 aliphatic heterocycles. The number of nitrogens with zero attached hydrogens (tertiary/aromatic N) is 5. The number of halogens is 1. The second-order valence-corrected chi connectivity index (χ2v) is 6.08. The van der Waals surface area contributed by atoms with Gasteiger partial charge in [0, 0.05) is 6.20 Å². The number of hydrogen-bond acceptors (Lipinski definition) is 3. The summed E-state index contributed by atoms with van der Waals surface area (Å²) in [6, 6.07) is 2.55. The van der Waals surface area contributed by atoms with Crippen LogP contribution in [0.5, 0.6) is 0 Å². The summed E-state index contributed by atoms with van der Waals surface area (Å²) < 4.78 is 3.91. The van der Waals surface area contributed by atoms with Crippen molar-refractivity contribution in [3.8, 4) is 0 Å². The Hall–Kier alpha value is -1.17. The lowest BCUT2D eigenvalue weighted by atomic mass is 10.2. The zero-order valence-electron chi connectivity index (χ0n) is 12.3. The molecule has 0 aromatic carbocycles. The molecule has 0 amide bonds. The summed E-state index contributed by atoms with van der Waals surface area (Å²) in [6.07, 6.45) is 7.25. The molecule has 0 radical (unpaired) electrons. The molecule has 0 saturated carbocycles. The molecular formula is C14H22BrN5. The van der Waals surface area contributed by atoms with E-state index < -0.39 is 0 Å². The zero-order valence-corrected chi connectivity index (χ0v) is 13.9. The molecule has 1 atom stereocenters. The summed E-state index contributed by atoms with van der Waals surface area (Å²) in [5, 5.41) is 13.0. The average Bonchev–Trinajstić information content (AvgIpc) is 3.10. The summed E-state index contributed by atoms with van der Waals surface area (Å²) in [5.74, 6) is 0. The Bertz CT molecular complexity index is 529. The molecule has 0 fully saturated rings. The Labute approximate surface area is 128 Å². The van der Waals surface area contributed by atoms with Crippen molar-refractivity contribution in [1.82, 2.24) is 24.8 Å². The maximum absolute atomic E-state index is 4.64. The predicted molar refractivity (Wildman–Crippen MR) is 82.9 cm³/mol. The number of aromatic nitrogens is 5. The zero-order chi connectivity index (χ0) is 14.5. The minimum absolute atomic E-state index is 0.276. The standard InChI is InChI=1S/C14H22BrN5/c1-4-12(5-2)20-8-7-11(17-20)9-19-10-14(16-18-19)13(15)6-3/h7-8,10,12-13H,4-6,9H2,1-3H3. The molecule has 110 valence electrons. The SMILES string of the molecule is CCC(Br)c1cn(Cc2ccn(C(CC)CC)n2)nn1. The van der Waals surface area contributed by atoms with Gasteiger partial charge in [-0.1, -0.05) is 41.9 Å². The number of rotatable bonds is 7. The van der Waals surface area contributed by atoms with Crippen LogP contribution in [0.1, 0.15) is 62.3 Å². The van der Waals surface area contributed by atoms with Crippen molar-refractivity contribution < 1.29 is 0 Å². The van der Waals surface area contributed by atoms with E-state index in [4.69, 9.17) is 0 Å². The molecule has 0 spiro atoms. The fourth-order valence-electron chi connectivity index (χ4n) is 2.24. The highest BCUT2D eigenvalue weighted by Crippen LogP contribution is 2.23. The van der Waals surface area contributed by atoms with E-state index >= 15 is 0 Å². The van der Waals surface area contributed by atoms with Gasteiger partial charge in [0.25, 0.3) is 0 Å². The lowest BCUT2D eigenvalue weighted by molar-refractivity contribution is 0.423. The first kappa shape index (κ1) is 15.2. The molecule has 0 aliphatic carbocycles. The minimum atomic E-state index is 0.276. The predicted octanol–water partition coefficient (Wildman–Crippen LogP) is 3.73. The van der Waals surface area contributed by atoms with Gasteiger partial charge in [0.2, 0.25) is 0 Å². The first-order valence-electron chi connectivity index (χ1n) is 7.26. The third-order valence-electron chi connectivity index (χ3n) is 3.54. The van der Waals surface area contributed by atoms with Gasteiger partial charge in [0.1, 0.15) is 0 Å². The summed E-state index contributed by atoms with van der Waals surface area (Å²) in [7, 11) is 0. The Balaban J connectivity index is 2.05. The first-order valence-corrected chi connectivity index (χ1v) is 8.17. The maximum atomic E-state index is 4.64. The van der Waals surface area contributed by atoms with Gasteiger partial charge in [-0.2, -0.15) is 5.10 Å². The van der Waals surface area contributed by atoms with E-state index in [0.717, 1.165) is 30.7 Å². The Morgan fingerprint density at radius 2 is 1.95 bits per heavy atom. The number of alkyl halides is 1. The molecule has 0 aliphatic rings. The highest BCUT2D eigenvalue weighted by Gasteiger charge is 2.11. The van der Waals surface area contributed by atoms with Crippen molar-refractivity contribution in [2.24, 2.45) is 0 Å². The quantitative estimate of drug-likeness (QED) is 0.722. The molecule has 1 unspecified atom stereocenters. The van der Waals surface area contributed by atoms with Crippen LogP contribution in [0.25, 0.3) is 0 Å². The molecule has 20 heavy (non-hydrogen) atoms. The van der Waals surface area contributed by atoms with Crippen molar-refractivity contribution in [2.45, 2.75) is 57.4 Å². The Morgan fingerprint density at radius 3 is 2.60 bits per heavy atom. The average molecular weight is 340 g/mol. The monoisotopic (exact) mass is 339 g/mol. The molecular weight excluding hydrogens is 318 g/mol. The van der Waals surface area contributed by atoms with Gasteiger partial charge in [0.15, 0.2) is 0 Å². The third-order valence-corrected chi connectivity index (χ3v) is 4.66. The Morgan fingerprint density at radius 1 is 1.20 bits per heavy atom. The van der Waals surface area contributed by atoms with Gasteiger partial charge < -0.3 is 0 Å². The van der Waals surface area contributed by atoms with E-state index in [1.165, 1.54) is 0 Å². The van der Waals surface area contributed by atoms with Crippen molar-refractivity contribution in [3.05, 3.63) is 29.8 Å². The normalized spacial score (nSPS) is 13.1. The highest BCUT2D eigenvalue weighted by molar-refractivity contribution is 9.09. The van der Waals surface area contributed by atoms with Crippen molar-refractivity contribution in [1.29, 1.82) is 0 Å². The van der Waals surface area contributed by atoms with E-state index in [-0.39, 0.29) is 4.83 Å². The lowest BCUT2D eigenvalue weighted by Crippen LogP contribution is -2.09. The van der Waals surface area contributed by atoms with Crippen LogP contribution in [0.15, 0.2) is 18.5 Å². The molecule has 5 nitrogen and oxygen atoms in total. The minimum Gasteiger partial charge on any atom is -0.269 e. The van der Waals surface area contributed by atoms with Gasteiger partial charge in [-0.05, 0) is 25.3 Å². The smallest absolute Gasteiger partial charge is 0.0963 e. The molecule has 2 heterocycles. The fraction of sp³-hybridized carbons (Fsp3) is 0.643. The fourth-order valence-corrected chi connectivity index (χ4v) is 2.45. The van der Waals surface area contributed by atoms with Gasteiger partial charge in [-0.25, -0.2) is 4.68 Å². The van der Waals surface area contributed by atoms with E-state index in [1.807, 2.05) is 10.9 Å². The van der Waals surface area contributed by atoms with Crippen LogP contribution in [0.4, 0.5) is 0 Å². The van der Waals surface area contributed by atoms with Crippen LogP contribution >= 0.6 is 15.9 Å². The summed E-state index contributed by atoms with van der Waals surface area (Å²) >= 11 is 3.59. The highest BCUT2D eigenvalue weighted by atomic mass is 79.9.